The second-order valence-corrected chi connectivity index (χ2v) is 8.21. The minimum absolute atomic E-state index is 0.221. The quantitative estimate of drug-likeness (QED) is 0.403. The molecule has 0 radical (unpaired) electrons. The van der Waals surface area contributed by atoms with E-state index in [1.165, 1.54) is 51.0 Å². The molecule has 0 saturated heterocycles. The van der Waals surface area contributed by atoms with Gasteiger partial charge in [0.25, 0.3) is 0 Å². The van der Waals surface area contributed by atoms with Crippen LogP contribution in [0.2, 0.25) is 0 Å². The van der Waals surface area contributed by atoms with Crippen molar-refractivity contribution in [3.63, 3.8) is 0 Å². The van der Waals surface area contributed by atoms with Gasteiger partial charge >= 0.3 is 0 Å². The molecule has 0 spiro atoms. The number of benzene rings is 2. The van der Waals surface area contributed by atoms with Crippen molar-refractivity contribution in [3.05, 3.63) is 94.2 Å². The molecule has 0 aliphatic heterocycles. The Kier molecular flexibility index (Phi) is 5.33. The van der Waals surface area contributed by atoms with Crippen LogP contribution in [0.1, 0.15) is 33.6 Å². The van der Waals surface area contributed by atoms with Crippen LogP contribution in [0, 0.1) is 33.5 Å². The van der Waals surface area contributed by atoms with E-state index in [2.05, 4.69) is 61.4 Å². The van der Waals surface area contributed by atoms with Gasteiger partial charge in [0, 0.05) is 36.6 Å². The Hall–Kier alpha value is -3.14. The van der Waals surface area contributed by atoms with Gasteiger partial charge in [-0.3, -0.25) is 4.98 Å². The van der Waals surface area contributed by atoms with Crippen LogP contribution in [0.3, 0.4) is 0 Å². The van der Waals surface area contributed by atoms with Gasteiger partial charge in [-0.1, -0.05) is 23.8 Å². The molecule has 30 heavy (non-hydrogen) atoms. The Labute approximate surface area is 177 Å². The van der Waals surface area contributed by atoms with Crippen LogP contribution in [-0.2, 0) is 13.1 Å². The highest BCUT2D eigenvalue weighted by atomic mass is 19.1. The van der Waals surface area contributed by atoms with Crippen LogP contribution in [0.4, 0.5) is 10.1 Å². The number of fused-ring (bicyclic) bond motifs is 1. The third kappa shape index (κ3) is 3.70. The number of aryl methyl sites for hydroxylation is 3. The monoisotopic (exact) mass is 401 g/mol. The zero-order valence-corrected chi connectivity index (χ0v) is 18.3. The SMILES string of the molecule is Cc1ccc(C)c(Cn2c(C)c(C)c3ccnc(CN(C)c4ccc(F)cc4)c32)c1. The summed E-state index contributed by atoms with van der Waals surface area (Å²) < 4.78 is 15.7. The van der Waals surface area contributed by atoms with Gasteiger partial charge in [0.1, 0.15) is 5.82 Å². The maximum absolute atomic E-state index is 13.3. The summed E-state index contributed by atoms with van der Waals surface area (Å²) in [5.74, 6) is -0.221. The maximum Gasteiger partial charge on any atom is 0.123 e. The van der Waals surface area contributed by atoms with Gasteiger partial charge in [-0.2, -0.15) is 0 Å². The van der Waals surface area contributed by atoms with E-state index in [0.29, 0.717) is 6.54 Å². The molecule has 0 bridgehead atoms. The van der Waals surface area contributed by atoms with Gasteiger partial charge < -0.3 is 9.47 Å². The van der Waals surface area contributed by atoms with Crippen molar-refractivity contribution in [1.29, 1.82) is 0 Å². The number of rotatable bonds is 5. The Balaban J connectivity index is 1.78. The van der Waals surface area contributed by atoms with Gasteiger partial charge in [0.15, 0.2) is 0 Å². The summed E-state index contributed by atoms with van der Waals surface area (Å²) in [4.78, 5) is 6.86. The summed E-state index contributed by atoms with van der Waals surface area (Å²) in [5.41, 5.74) is 9.65. The van der Waals surface area contributed by atoms with E-state index in [9.17, 15) is 4.39 Å². The molecule has 0 aliphatic rings. The van der Waals surface area contributed by atoms with Gasteiger partial charge in [0.2, 0.25) is 0 Å². The van der Waals surface area contributed by atoms with E-state index in [1.54, 1.807) is 12.1 Å². The van der Waals surface area contributed by atoms with Gasteiger partial charge in [-0.15, -0.1) is 0 Å². The molecule has 2 heterocycles. The lowest BCUT2D eigenvalue weighted by molar-refractivity contribution is 0.627. The van der Waals surface area contributed by atoms with Crippen molar-refractivity contribution in [2.45, 2.75) is 40.8 Å². The van der Waals surface area contributed by atoms with E-state index in [0.717, 1.165) is 17.9 Å². The molecule has 4 rings (SSSR count). The first-order valence-corrected chi connectivity index (χ1v) is 10.3. The second-order valence-electron chi connectivity index (χ2n) is 8.21. The topological polar surface area (TPSA) is 21.1 Å². The molecule has 0 atom stereocenters. The van der Waals surface area contributed by atoms with Crippen molar-refractivity contribution in [3.8, 4) is 0 Å². The highest BCUT2D eigenvalue weighted by molar-refractivity contribution is 5.87. The van der Waals surface area contributed by atoms with Crippen molar-refractivity contribution in [2.75, 3.05) is 11.9 Å². The smallest absolute Gasteiger partial charge is 0.123 e. The lowest BCUT2D eigenvalue weighted by atomic mass is 10.1. The summed E-state index contributed by atoms with van der Waals surface area (Å²) in [6.07, 6.45) is 1.89. The molecular formula is C26H28FN3. The molecule has 0 saturated carbocycles. The zero-order chi connectivity index (χ0) is 21.4. The molecule has 154 valence electrons. The van der Waals surface area contributed by atoms with Crippen LogP contribution < -0.4 is 4.90 Å². The summed E-state index contributed by atoms with van der Waals surface area (Å²) >= 11 is 0. The summed E-state index contributed by atoms with van der Waals surface area (Å²) in [6.45, 7) is 10.2. The fraction of sp³-hybridized carbons (Fsp3) is 0.269. The summed E-state index contributed by atoms with van der Waals surface area (Å²) in [6, 6.07) is 15.3. The van der Waals surface area contributed by atoms with Crippen molar-refractivity contribution >= 4 is 16.6 Å². The van der Waals surface area contributed by atoms with E-state index >= 15 is 0 Å². The highest BCUT2D eigenvalue weighted by Gasteiger charge is 2.17. The minimum Gasteiger partial charge on any atom is -0.369 e. The standard InChI is InChI=1S/C26H28FN3/c1-17-6-7-18(2)21(14-17)15-30-20(4)19(3)24-12-13-28-25(26(24)30)16-29(5)23-10-8-22(27)9-11-23/h6-14H,15-16H2,1-5H3. The van der Waals surface area contributed by atoms with E-state index in [4.69, 9.17) is 4.98 Å². The summed E-state index contributed by atoms with van der Waals surface area (Å²) in [7, 11) is 2.02. The average molecular weight is 402 g/mol. The molecule has 0 amide bonds. The molecule has 4 heteroatoms. The number of nitrogens with zero attached hydrogens (tertiary/aromatic N) is 3. The number of pyridine rings is 1. The first-order valence-electron chi connectivity index (χ1n) is 10.3. The molecule has 0 unspecified atom stereocenters. The van der Waals surface area contributed by atoms with E-state index in [-0.39, 0.29) is 5.82 Å². The lowest BCUT2D eigenvalue weighted by Gasteiger charge is -2.20. The average Bonchev–Trinajstić information content (AvgIpc) is 2.97. The maximum atomic E-state index is 13.3. The van der Waals surface area contributed by atoms with Crippen LogP contribution in [0.25, 0.3) is 10.9 Å². The Bertz CT molecular complexity index is 1210. The second kappa shape index (κ2) is 7.94. The first-order chi connectivity index (χ1) is 14.3. The third-order valence-electron chi connectivity index (χ3n) is 6.11. The van der Waals surface area contributed by atoms with Crippen LogP contribution >= 0.6 is 0 Å². The van der Waals surface area contributed by atoms with Crippen molar-refractivity contribution in [2.24, 2.45) is 0 Å². The molecule has 0 N–H and O–H groups in total. The van der Waals surface area contributed by atoms with Gasteiger partial charge in [0.05, 0.1) is 17.8 Å². The molecule has 0 aliphatic carbocycles. The largest absolute Gasteiger partial charge is 0.369 e. The fourth-order valence-corrected chi connectivity index (χ4v) is 4.13. The van der Waals surface area contributed by atoms with Gasteiger partial charge in [-0.25, -0.2) is 4.39 Å². The predicted molar refractivity (Wildman–Crippen MR) is 123 cm³/mol. The van der Waals surface area contributed by atoms with Gasteiger partial charge in [-0.05, 0) is 74.7 Å². The molecule has 0 fully saturated rings. The predicted octanol–water partition coefficient (Wildman–Crippen LogP) is 6.09. The molecule has 3 nitrogen and oxygen atoms in total. The number of hydrogen-bond acceptors (Lipinski definition) is 2. The molecule has 4 aromatic rings. The molecule has 2 aromatic carbocycles. The van der Waals surface area contributed by atoms with Crippen LogP contribution in [0.15, 0.2) is 54.7 Å². The van der Waals surface area contributed by atoms with E-state index < -0.39 is 0 Å². The third-order valence-corrected chi connectivity index (χ3v) is 6.11. The summed E-state index contributed by atoms with van der Waals surface area (Å²) in [5, 5.41) is 1.25. The lowest BCUT2D eigenvalue weighted by Crippen LogP contribution is -2.18. The Morgan fingerprint density at radius 1 is 0.967 bits per heavy atom. The Morgan fingerprint density at radius 2 is 1.70 bits per heavy atom. The van der Waals surface area contributed by atoms with Crippen molar-refractivity contribution < 1.29 is 4.39 Å². The van der Waals surface area contributed by atoms with Crippen molar-refractivity contribution in [1.82, 2.24) is 9.55 Å². The number of anilines is 1. The molecule has 2 aromatic heterocycles. The zero-order valence-electron chi connectivity index (χ0n) is 18.3. The normalized spacial score (nSPS) is 11.3. The van der Waals surface area contributed by atoms with E-state index in [1.807, 2.05) is 13.2 Å². The number of hydrogen-bond donors (Lipinski definition) is 0. The molecular weight excluding hydrogens is 373 g/mol. The first kappa shape index (κ1) is 20.1. The number of halogens is 1. The minimum atomic E-state index is -0.221. The Morgan fingerprint density at radius 3 is 2.43 bits per heavy atom. The van der Waals surface area contributed by atoms with Crippen LogP contribution in [-0.4, -0.2) is 16.6 Å². The fourth-order valence-electron chi connectivity index (χ4n) is 4.13. The van der Waals surface area contributed by atoms with Crippen LogP contribution in [0.5, 0.6) is 0 Å². The number of aromatic nitrogens is 2. The highest BCUT2D eigenvalue weighted by Crippen LogP contribution is 2.29.